The average molecular weight is 557 g/mol. The van der Waals surface area contributed by atoms with Gasteiger partial charge in [-0.15, -0.1) is 0 Å². The molecule has 0 fully saturated rings. The van der Waals surface area contributed by atoms with Gasteiger partial charge in [-0.1, -0.05) is 79.7 Å². The molecule has 0 aliphatic rings. The van der Waals surface area contributed by atoms with Crippen molar-refractivity contribution < 1.29 is 23.9 Å². The molecule has 0 N–H and O–H groups in total. The summed E-state index contributed by atoms with van der Waals surface area (Å²) in [6.45, 7) is 21.2. The normalized spacial score (nSPS) is 12.6. The molecule has 0 heterocycles. The number of Topliss-reactive ketones (excluding diaryl/α,β-unsaturated/α-hetero) is 2. The van der Waals surface area contributed by atoms with Crippen molar-refractivity contribution in [2.75, 3.05) is 0 Å². The second kappa shape index (κ2) is 11.3. The van der Waals surface area contributed by atoms with Gasteiger partial charge in [-0.05, 0) is 74.4 Å². The van der Waals surface area contributed by atoms with E-state index in [0.29, 0.717) is 16.9 Å². The lowest BCUT2D eigenvalue weighted by Crippen LogP contribution is -2.24. The van der Waals surface area contributed by atoms with Crippen LogP contribution in [0.25, 0.3) is 0 Å². The molecule has 41 heavy (non-hydrogen) atoms. The van der Waals surface area contributed by atoms with Gasteiger partial charge in [0.2, 0.25) is 0 Å². The van der Waals surface area contributed by atoms with Crippen LogP contribution < -0.4 is 9.47 Å². The quantitative estimate of drug-likeness (QED) is 0.165. The fourth-order valence-electron chi connectivity index (χ4n) is 4.44. The number of carbonyl (C=O) groups is 3. The largest absolute Gasteiger partial charge is 0.488 e. The molecule has 0 aliphatic carbocycles. The summed E-state index contributed by atoms with van der Waals surface area (Å²) in [5.74, 6) is 0.261. The summed E-state index contributed by atoms with van der Waals surface area (Å²) in [6, 6.07) is 20.1. The van der Waals surface area contributed by atoms with Crippen LogP contribution in [0.3, 0.4) is 0 Å². The predicted molar refractivity (Wildman–Crippen MR) is 164 cm³/mol. The molecule has 5 heteroatoms. The number of ether oxygens (including phenoxy) is 2. The van der Waals surface area contributed by atoms with Gasteiger partial charge in [-0.3, -0.25) is 9.59 Å². The Bertz CT molecular complexity index is 1380. The summed E-state index contributed by atoms with van der Waals surface area (Å²) >= 11 is 0. The van der Waals surface area contributed by atoms with Gasteiger partial charge in [0.25, 0.3) is 0 Å². The number of hydrogen-bond donors (Lipinski definition) is 0. The van der Waals surface area contributed by atoms with E-state index in [2.05, 4.69) is 26.0 Å². The first-order valence-corrected chi connectivity index (χ1v) is 14.1. The molecule has 0 radical (unpaired) electrons. The minimum Gasteiger partial charge on any atom is -0.488 e. The van der Waals surface area contributed by atoms with Gasteiger partial charge in [0, 0.05) is 27.4 Å². The number of carbonyl (C=O) groups excluding carboxylic acids is 3. The van der Waals surface area contributed by atoms with Crippen LogP contribution in [0.1, 0.15) is 118 Å². The fraction of sp³-hybridized carbons (Fsp3) is 0.417. The van der Waals surface area contributed by atoms with Gasteiger partial charge < -0.3 is 9.47 Å². The highest BCUT2D eigenvalue weighted by Crippen LogP contribution is 2.34. The highest BCUT2D eigenvalue weighted by Gasteiger charge is 2.29. The maximum absolute atomic E-state index is 13.2. The summed E-state index contributed by atoms with van der Waals surface area (Å²) in [5.41, 5.74) is 1.06. The first kappa shape index (κ1) is 31.8. The summed E-state index contributed by atoms with van der Waals surface area (Å²) in [4.78, 5) is 39.4. The molecular weight excluding hydrogens is 512 g/mol. The molecule has 0 unspecified atom stereocenters. The Morgan fingerprint density at radius 2 is 0.878 bits per heavy atom. The lowest BCUT2D eigenvalue weighted by molar-refractivity contribution is 0.0734. The van der Waals surface area contributed by atoms with Crippen LogP contribution in [-0.4, -0.2) is 23.1 Å². The van der Waals surface area contributed by atoms with Gasteiger partial charge in [0.05, 0.1) is 5.56 Å². The standard InChI is InChI=1S/C36H44O5/c1-33(2,3)30(37)23-20-24(31(38)34(4,5)6)22-25(21-23)32(39)40-28-16-12-26(13-17-28)36(10,11)27-14-18-29(19-15-27)41-35(7,8)9/h12-22H,1-11H3. The van der Waals surface area contributed by atoms with Gasteiger partial charge >= 0.3 is 5.97 Å². The summed E-state index contributed by atoms with van der Waals surface area (Å²) in [5, 5.41) is 0. The number of benzene rings is 3. The van der Waals surface area contributed by atoms with Crippen molar-refractivity contribution in [1.82, 2.24) is 0 Å². The third-order valence-corrected chi connectivity index (χ3v) is 6.84. The van der Waals surface area contributed by atoms with E-state index < -0.39 is 16.8 Å². The van der Waals surface area contributed by atoms with Gasteiger partial charge in [-0.25, -0.2) is 4.79 Å². The molecule has 3 aromatic carbocycles. The van der Waals surface area contributed by atoms with Crippen molar-refractivity contribution in [3.8, 4) is 11.5 Å². The van der Waals surface area contributed by atoms with Crippen molar-refractivity contribution >= 4 is 17.5 Å². The molecule has 0 saturated heterocycles. The Labute approximate surface area is 245 Å². The maximum Gasteiger partial charge on any atom is 0.343 e. The number of esters is 1. The molecule has 0 bridgehead atoms. The topological polar surface area (TPSA) is 69.7 Å². The van der Waals surface area contributed by atoms with Crippen LogP contribution in [0, 0.1) is 10.8 Å². The van der Waals surface area contributed by atoms with E-state index in [9.17, 15) is 14.4 Å². The molecule has 3 rings (SSSR count). The zero-order valence-corrected chi connectivity index (χ0v) is 26.4. The molecule has 0 amide bonds. The second-order valence-corrected chi connectivity index (χ2v) is 14.2. The van der Waals surface area contributed by atoms with Crippen molar-refractivity contribution in [3.63, 3.8) is 0 Å². The summed E-state index contributed by atoms with van der Waals surface area (Å²) in [7, 11) is 0. The molecule has 3 aromatic rings. The highest BCUT2D eigenvalue weighted by atomic mass is 16.5. The van der Waals surface area contributed by atoms with Gasteiger partial charge in [0.15, 0.2) is 11.6 Å². The molecular formula is C36H44O5. The van der Waals surface area contributed by atoms with E-state index in [1.54, 1.807) is 18.2 Å². The first-order valence-electron chi connectivity index (χ1n) is 14.1. The van der Waals surface area contributed by atoms with Gasteiger partial charge in [0.1, 0.15) is 17.1 Å². The molecule has 0 aliphatic heterocycles. The smallest absolute Gasteiger partial charge is 0.343 e. The van der Waals surface area contributed by atoms with Crippen LogP contribution >= 0.6 is 0 Å². The number of rotatable bonds is 7. The third-order valence-electron chi connectivity index (χ3n) is 6.84. The van der Waals surface area contributed by atoms with E-state index in [1.807, 2.05) is 86.6 Å². The SMILES string of the molecule is CC(C)(C)Oc1ccc(C(C)(C)c2ccc(OC(=O)c3cc(C(=O)C(C)(C)C)cc(C(=O)C(C)(C)C)c3)cc2)cc1. The average Bonchev–Trinajstić information content (AvgIpc) is 2.86. The lowest BCUT2D eigenvalue weighted by atomic mass is 9.78. The molecule has 0 aromatic heterocycles. The molecule has 218 valence electrons. The summed E-state index contributed by atoms with van der Waals surface area (Å²) < 4.78 is 11.7. The van der Waals surface area contributed by atoms with Crippen LogP contribution in [0.2, 0.25) is 0 Å². The van der Waals surface area contributed by atoms with E-state index in [4.69, 9.17) is 9.47 Å². The Morgan fingerprint density at radius 3 is 1.24 bits per heavy atom. The zero-order valence-electron chi connectivity index (χ0n) is 26.4. The minimum atomic E-state index is -0.673. The Hall–Kier alpha value is -3.73. The fourth-order valence-corrected chi connectivity index (χ4v) is 4.44. The van der Waals surface area contributed by atoms with E-state index >= 15 is 0 Å². The third kappa shape index (κ3) is 7.93. The van der Waals surface area contributed by atoms with E-state index in [0.717, 1.165) is 16.9 Å². The molecule has 0 spiro atoms. The molecule has 0 atom stereocenters. The predicted octanol–water partition coefficient (Wildman–Crippen LogP) is 8.87. The Morgan fingerprint density at radius 1 is 0.512 bits per heavy atom. The van der Waals surface area contributed by atoms with Gasteiger partial charge in [-0.2, -0.15) is 0 Å². The molecule has 0 saturated carbocycles. The maximum atomic E-state index is 13.2. The zero-order chi connectivity index (χ0) is 31.0. The Kier molecular flexibility index (Phi) is 8.74. The summed E-state index contributed by atoms with van der Waals surface area (Å²) in [6.07, 6.45) is 0. The number of ketones is 2. The van der Waals surface area contributed by atoms with E-state index in [1.165, 1.54) is 12.1 Å². The van der Waals surface area contributed by atoms with Crippen LogP contribution in [0.4, 0.5) is 0 Å². The second-order valence-electron chi connectivity index (χ2n) is 14.2. The minimum absolute atomic E-state index is 0.153. The van der Waals surface area contributed by atoms with Crippen LogP contribution in [-0.2, 0) is 5.41 Å². The van der Waals surface area contributed by atoms with Crippen LogP contribution in [0.5, 0.6) is 11.5 Å². The van der Waals surface area contributed by atoms with Crippen molar-refractivity contribution in [2.24, 2.45) is 10.8 Å². The van der Waals surface area contributed by atoms with Crippen molar-refractivity contribution in [1.29, 1.82) is 0 Å². The van der Waals surface area contributed by atoms with E-state index in [-0.39, 0.29) is 28.1 Å². The Balaban J connectivity index is 1.86. The lowest BCUT2D eigenvalue weighted by Gasteiger charge is -2.27. The highest BCUT2D eigenvalue weighted by molar-refractivity contribution is 6.07. The van der Waals surface area contributed by atoms with Crippen molar-refractivity contribution in [2.45, 2.75) is 87.2 Å². The monoisotopic (exact) mass is 556 g/mol. The number of hydrogen-bond acceptors (Lipinski definition) is 5. The van der Waals surface area contributed by atoms with Crippen LogP contribution in [0.15, 0.2) is 66.7 Å². The molecule has 5 nitrogen and oxygen atoms in total. The first-order chi connectivity index (χ1) is 18.7. The van der Waals surface area contributed by atoms with Crippen molar-refractivity contribution in [3.05, 3.63) is 94.5 Å².